The number of thiophene rings is 1. The van der Waals surface area contributed by atoms with Gasteiger partial charge in [0.2, 0.25) is 11.7 Å². The number of piperidine rings is 1. The average molecular weight is 549 g/mol. The number of nitrogen functional groups attached to an aromatic ring is 1. The molecule has 1 saturated heterocycles. The molecule has 202 valence electrons. The number of nitrogens with one attached hydrogen (secondary N) is 2. The number of pyridine rings is 1. The van der Waals surface area contributed by atoms with Gasteiger partial charge >= 0.3 is 0 Å². The molecule has 13 heteroatoms. The Morgan fingerprint density at radius 3 is 2.79 bits per heavy atom. The van der Waals surface area contributed by atoms with Crippen molar-refractivity contribution in [2.75, 3.05) is 29.0 Å². The van der Waals surface area contributed by atoms with Gasteiger partial charge in [0.15, 0.2) is 5.82 Å². The summed E-state index contributed by atoms with van der Waals surface area (Å²) in [6, 6.07) is 4.60. The van der Waals surface area contributed by atoms with Crippen LogP contribution in [0.15, 0.2) is 39.9 Å². The average Bonchev–Trinajstić information content (AvgIpc) is 3.66. The smallest absolute Gasteiger partial charge is 0.294 e. The van der Waals surface area contributed by atoms with E-state index in [1.165, 1.54) is 28.5 Å². The summed E-state index contributed by atoms with van der Waals surface area (Å²) in [7, 11) is 0. The largest absolute Gasteiger partial charge is 0.384 e. The van der Waals surface area contributed by atoms with Crippen LogP contribution in [0.3, 0.4) is 0 Å². The molecule has 12 nitrogen and oxygen atoms in total. The van der Waals surface area contributed by atoms with E-state index in [9.17, 15) is 14.4 Å². The lowest BCUT2D eigenvalue weighted by Gasteiger charge is -2.25. The van der Waals surface area contributed by atoms with E-state index in [0.717, 1.165) is 40.9 Å². The molecule has 0 radical (unpaired) electrons. The first-order valence-electron chi connectivity index (χ1n) is 12.9. The third-order valence-corrected chi connectivity index (χ3v) is 8.31. The van der Waals surface area contributed by atoms with Crippen LogP contribution in [-0.4, -0.2) is 44.6 Å². The van der Waals surface area contributed by atoms with Crippen LogP contribution in [0.2, 0.25) is 0 Å². The lowest BCUT2D eigenvalue weighted by Crippen LogP contribution is -2.36. The maximum absolute atomic E-state index is 13.4. The summed E-state index contributed by atoms with van der Waals surface area (Å²) in [4.78, 5) is 51.0. The number of hydrogen-bond acceptors (Lipinski definition) is 10. The van der Waals surface area contributed by atoms with Gasteiger partial charge < -0.3 is 25.8 Å². The molecule has 6 heterocycles. The van der Waals surface area contributed by atoms with Gasteiger partial charge in [-0.15, -0.1) is 11.3 Å². The molecule has 4 aromatic heterocycles. The van der Waals surface area contributed by atoms with Crippen LogP contribution in [0.1, 0.15) is 65.8 Å². The number of carbonyl (C=O) groups is 2. The highest BCUT2D eigenvalue weighted by Gasteiger charge is 2.36. The van der Waals surface area contributed by atoms with Crippen molar-refractivity contribution in [3.63, 3.8) is 0 Å². The number of fused-ring (bicyclic) bond motifs is 2. The highest BCUT2D eigenvalue weighted by atomic mass is 32.1. The Bertz CT molecular complexity index is 1620. The Balaban J connectivity index is 1.17. The van der Waals surface area contributed by atoms with Crippen LogP contribution >= 0.6 is 11.3 Å². The fraction of sp³-hybridized carbons (Fsp3) is 0.385. The molecule has 0 unspecified atom stereocenters. The molecule has 0 saturated carbocycles. The minimum absolute atomic E-state index is 0.00317. The zero-order valence-electron chi connectivity index (χ0n) is 21.3. The van der Waals surface area contributed by atoms with Crippen LogP contribution in [0.25, 0.3) is 10.1 Å². The van der Waals surface area contributed by atoms with E-state index < -0.39 is 17.5 Å². The summed E-state index contributed by atoms with van der Waals surface area (Å²) in [5, 5.41) is 10.5. The van der Waals surface area contributed by atoms with Gasteiger partial charge in [-0.3, -0.25) is 19.0 Å². The van der Waals surface area contributed by atoms with Crippen molar-refractivity contribution in [1.29, 1.82) is 0 Å². The fourth-order valence-corrected chi connectivity index (χ4v) is 6.24. The maximum atomic E-state index is 13.4. The third-order valence-electron chi connectivity index (χ3n) is 7.21. The van der Waals surface area contributed by atoms with Gasteiger partial charge in [-0.1, -0.05) is 12.1 Å². The van der Waals surface area contributed by atoms with Crippen molar-refractivity contribution in [3.8, 4) is 0 Å². The van der Waals surface area contributed by atoms with Crippen LogP contribution in [-0.2, 0) is 11.3 Å². The van der Waals surface area contributed by atoms with E-state index in [1.54, 1.807) is 18.3 Å². The van der Waals surface area contributed by atoms with Crippen molar-refractivity contribution in [2.45, 2.75) is 51.1 Å². The molecule has 39 heavy (non-hydrogen) atoms. The van der Waals surface area contributed by atoms with Crippen LogP contribution in [0.4, 0.5) is 17.3 Å². The molecule has 4 aromatic rings. The van der Waals surface area contributed by atoms with Gasteiger partial charge in [-0.25, -0.2) is 9.97 Å². The van der Waals surface area contributed by atoms with Crippen LogP contribution < -0.4 is 26.8 Å². The van der Waals surface area contributed by atoms with Crippen molar-refractivity contribution in [3.05, 3.63) is 57.4 Å². The molecule has 0 aromatic carbocycles. The monoisotopic (exact) mass is 548 g/mol. The predicted octanol–water partition coefficient (Wildman–Crippen LogP) is 3.03. The van der Waals surface area contributed by atoms with E-state index in [1.807, 2.05) is 13.0 Å². The molecule has 1 fully saturated rings. The van der Waals surface area contributed by atoms with Gasteiger partial charge in [0, 0.05) is 46.2 Å². The normalized spacial score (nSPS) is 18.7. The summed E-state index contributed by atoms with van der Waals surface area (Å²) < 4.78 is 7.62. The molecule has 0 aliphatic carbocycles. The van der Waals surface area contributed by atoms with Crippen LogP contribution in [0, 0.1) is 0 Å². The highest BCUT2D eigenvalue weighted by molar-refractivity contribution is 7.19. The van der Waals surface area contributed by atoms with E-state index >= 15 is 0 Å². The van der Waals surface area contributed by atoms with Gasteiger partial charge in [0.25, 0.3) is 11.5 Å². The number of nitrogens with zero attached hydrogens (tertiary/aromatic N) is 5. The Morgan fingerprint density at radius 1 is 1.15 bits per heavy atom. The zero-order valence-corrected chi connectivity index (χ0v) is 22.2. The summed E-state index contributed by atoms with van der Waals surface area (Å²) >= 11 is 1.52. The Labute approximate surface area is 227 Å². The second kappa shape index (κ2) is 10.1. The van der Waals surface area contributed by atoms with Crippen molar-refractivity contribution >= 4 is 50.6 Å². The number of aromatic nitrogens is 4. The number of anilines is 3. The van der Waals surface area contributed by atoms with Crippen molar-refractivity contribution in [1.82, 2.24) is 25.0 Å². The SMILES string of the molecule is C[C@@H]1C[C@@H](C(=O)NCc2cc3cnc(N)cc3s2)n2c1ncc(NC(=O)c1cc(N3CCCCC3)no1)c2=O. The first-order valence-corrected chi connectivity index (χ1v) is 13.7. The summed E-state index contributed by atoms with van der Waals surface area (Å²) in [6.45, 7) is 3.95. The standard InChI is InChI=1S/C26H28N8O4S/c1-14-7-18(24(35)30-12-16-8-15-11-28-21(27)10-20(15)39-16)34-23(14)29-13-17(26(34)37)31-25(36)19-9-22(32-38-19)33-5-3-2-4-6-33/h8-11,13-14,18H,2-7,12H2,1H3,(H2,27,28)(H,30,35)(H,31,36)/t14-,18+/m1/s1. The van der Waals surface area contributed by atoms with E-state index in [0.29, 0.717) is 30.4 Å². The van der Waals surface area contributed by atoms with Gasteiger partial charge in [0.1, 0.15) is 23.4 Å². The Hall–Kier alpha value is -4.26. The van der Waals surface area contributed by atoms with Gasteiger partial charge in [-0.2, -0.15) is 0 Å². The Kier molecular flexibility index (Phi) is 6.51. The quantitative estimate of drug-likeness (QED) is 0.329. The molecule has 2 amide bonds. The molecule has 2 aliphatic rings. The summed E-state index contributed by atoms with van der Waals surface area (Å²) in [5.41, 5.74) is 5.25. The predicted molar refractivity (Wildman–Crippen MR) is 147 cm³/mol. The molecule has 6 rings (SSSR count). The highest BCUT2D eigenvalue weighted by Crippen LogP contribution is 2.34. The lowest BCUT2D eigenvalue weighted by atomic mass is 10.1. The topological polar surface area (TPSA) is 161 Å². The fourth-order valence-electron chi connectivity index (χ4n) is 5.22. The molecular weight excluding hydrogens is 520 g/mol. The molecule has 0 spiro atoms. The minimum atomic E-state index is -0.741. The number of rotatable bonds is 6. The third kappa shape index (κ3) is 4.85. The van der Waals surface area contributed by atoms with E-state index in [-0.39, 0.29) is 23.3 Å². The van der Waals surface area contributed by atoms with Crippen LogP contribution in [0.5, 0.6) is 0 Å². The second-order valence-corrected chi connectivity index (χ2v) is 11.2. The second-order valence-electron chi connectivity index (χ2n) is 9.99. The van der Waals surface area contributed by atoms with Crippen molar-refractivity contribution in [2.24, 2.45) is 0 Å². The number of carbonyl (C=O) groups excluding carboxylic acids is 2. The molecule has 2 aliphatic heterocycles. The van der Waals surface area contributed by atoms with Crippen molar-refractivity contribution < 1.29 is 14.1 Å². The van der Waals surface area contributed by atoms with Gasteiger partial charge in [0.05, 0.1) is 12.7 Å². The number of hydrogen-bond donors (Lipinski definition) is 3. The zero-order chi connectivity index (χ0) is 27.1. The Morgan fingerprint density at radius 2 is 1.97 bits per heavy atom. The summed E-state index contributed by atoms with van der Waals surface area (Å²) in [6.07, 6.45) is 6.77. The first kappa shape index (κ1) is 25.0. The number of amides is 2. The molecule has 4 N–H and O–H groups in total. The number of nitrogens with two attached hydrogens (primary N) is 1. The molecular formula is C26H28N8O4S. The molecule has 0 bridgehead atoms. The molecule has 2 atom stereocenters. The van der Waals surface area contributed by atoms with Gasteiger partial charge in [-0.05, 0) is 37.8 Å². The summed E-state index contributed by atoms with van der Waals surface area (Å²) in [5.74, 6) is 0.571. The maximum Gasteiger partial charge on any atom is 0.294 e. The lowest BCUT2D eigenvalue weighted by molar-refractivity contribution is -0.124. The van der Waals surface area contributed by atoms with E-state index in [2.05, 4.69) is 30.7 Å². The van der Waals surface area contributed by atoms with E-state index in [4.69, 9.17) is 10.3 Å². The first-order chi connectivity index (χ1) is 18.9. The minimum Gasteiger partial charge on any atom is -0.384 e.